The maximum absolute atomic E-state index is 12.6. The molecule has 0 radical (unpaired) electrons. The number of hydrogen-bond donors (Lipinski definition) is 0. The van der Waals surface area contributed by atoms with Crippen molar-refractivity contribution in [3.63, 3.8) is 0 Å². The molecule has 4 nitrogen and oxygen atoms in total. The first-order valence-electron chi connectivity index (χ1n) is 8.94. The second kappa shape index (κ2) is 6.44. The number of carbonyl (C=O) groups is 1. The number of benzene rings is 1. The van der Waals surface area contributed by atoms with Gasteiger partial charge in [0.25, 0.3) is 5.91 Å². The minimum atomic E-state index is 0.163. The average molecular weight is 323 g/mol. The molecule has 4 heteroatoms. The van der Waals surface area contributed by atoms with E-state index in [9.17, 15) is 4.79 Å². The number of nitrogens with zero attached hydrogens (tertiary/aromatic N) is 3. The quantitative estimate of drug-likeness (QED) is 0.849. The van der Waals surface area contributed by atoms with Gasteiger partial charge in [0.1, 0.15) is 5.69 Å². The van der Waals surface area contributed by atoms with Crippen LogP contribution in [-0.2, 0) is 19.9 Å². The fourth-order valence-corrected chi connectivity index (χ4v) is 4.13. The molecule has 1 aromatic carbocycles. The summed E-state index contributed by atoms with van der Waals surface area (Å²) < 4.78 is 1.91. The van der Waals surface area contributed by atoms with Crippen LogP contribution in [-0.4, -0.2) is 52.5 Å². The second-order valence-electron chi connectivity index (χ2n) is 7.00. The van der Waals surface area contributed by atoms with Crippen molar-refractivity contribution >= 4 is 5.91 Å². The smallest absolute Gasteiger partial charge is 0.270 e. The van der Waals surface area contributed by atoms with E-state index >= 15 is 0 Å². The molecule has 2 aliphatic rings. The number of aryl methyl sites for hydroxylation is 2. The van der Waals surface area contributed by atoms with Gasteiger partial charge >= 0.3 is 0 Å². The van der Waals surface area contributed by atoms with Crippen molar-refractivity contribution in [3.05, 3.63) is 59.4 Å². The van der Waals surface area contributed by atoms with Gasteiger partial charge in [-0.05, 0) is 42.5 Å². The zero-order chi connectivity index (χ0) is 16.5. The highest BCUT2D eigenvalue weighted by molar-refractivity contribution is 5.92. The second-order valence-corrected chi connectivity index (χ2v) is 7.00. The average Bonchev–Trinajstić information content (AvgIpc) is 3.07. The SMILES string of the molecule is Cn1cccc1C(=O)N1CCN([C@@H]2CCc3ccccc3C2)CC1. The van der Waals surface area contributed by atoms with Crippen LogP contribution in [0.4, 0.5) is 0 Å². The van der Waals surface area contributed by atoms with Crippen LogP contribution in [0, 0.1) is 0 Å². The summed E-state index contributed by atoms with van der Waals surface area (Å²) in [6.45, 7) is 3.65. The van der Waals surface area contributed by atoms with Crippen molar-refractivity contribution in [2.75, 3.05) is 26.2 Å². The molecule has 1 aromatic heterocycles. The lowest BCUT2D eigenvalue weighted by Gasteiger charge is -2.41. The molecule has 0 unspecified atom stereocenters. The van der Waals surface area contributed by atoms with E-state index in [2.05, 4.69) is 29.2 Å². The van der Waals surface area contributed by atoms with Gasteiger partial charge in [-0.3, -0.25) is 9.69 Å². The molecule has 1 aliphatic heterocycles. The highest BCUT2D eigenvalue weighted by atomic mass is 16.2. The Balaban J connectivity index is 1.37. The van der Waals surface area contributed by atoms with E-state index in [1.54, 1.807) is 0 Å². The number of piperazine rings is 1. The fourth-order valence-electron chi connectivity index (χ4n) is 4.13. The Hall–Kier alpha value is -2.07. The summed E-state index contributed by atoms with van der Waals surface area (Å²) >= 11 is 0. The fraction of sp³-hybridized carbons (Fsp3) is 0.450. The van der Waals surface area contributed by atoms with Gasteiger partial charge in [0.2, 0.25) is 0 Å². The van der Waals surface area contributed by atoms with Crippen LogP contribution in [0.25, 0.3) is 0 Å². The molecular formula is C20H25N3O. The summed E-state index contributed by atoms with van der Waals surface area (Å²) in [5.74, 6) is 0.163. The van der Waals surface area contributed by atoms with E-state index in [0.29, 0.717) is 6.04 Å². The highest BCUT2D eigenvalue weighted by Gasteiger charge is 2.29. The molecule has 1 saturated heterocycles. The lowest BCUT2D eigenvalue weighted by molar-refractivity contribution is 0.0544. The number of fused-ring (bicyclic) bond motifs is 1. The molecule has 1 amide bonds. The normalized spacial score (nSPS) is 21.5. The van der Waals surface area contributed by atoms with E-state index in [0.717, 1.165) is 38.3 Å². The van der Waals surface area contributed by atoms with Crippen molar-refractivity contribution in [3.8, 4) is 0 Å². The number of rotatable bonds is 2. The van der Waals surface area contributed by atoms with Gasteiger partial charge in [0, 0.05) is 45.5 Å². The lowest BCUT2D eigenvalue weighted by Crippen LogP contribution is -2.53. The zero-order valence-corrected chi connectivity index (χ0v) is 14.3. The molecule has 1 aliphatic carbocycles. The molecule has 1 fully saturated rings. The van der Waals surface area contributed by atoms with Crippen LogP contribution in [0.3, 0.4) is 0 Å². The third kappa shape index (κ3) is 2.86. The van der Waals surface area contributed by atoms with Crippen LogP contribution >= 0.6 is 0 Å². The highest BCUT2D eigenvalue weighted by Crippen LogP contribution is 2.25. The topological polar surface area (TPSA) is 28.5 Å². The summed E-state index contributed by atoms with van der Waals surface area (Å²) in [7, 11) is 1.93. The van der Waals surface area contributed by atoms with Gasteiger partial charge in [0.05, 0.1) is 0 Å². The third-order valence-corrected chi connectivity index (χ3v) is 5.60. The summed E-state index contributed by atoms with van der Waals surface area (Å²) in [6, 6.07) is 13.3. The van der Waals surface area contributed by atoms with Crippen LogP contribution in [0.5, 0.6) is 0 Å². The van der Waals surface area contributed by atoms with Crippen molar-refractivity contribution in [2.24, 2.45) is 7.05 Å². The first-order chi connectivity index (χ1) is 11.7. The third-order valence-electron chi connectivity index (χ3n) is 5.60. The van der Waals surface area contributed by atoms with Crippen LogP contribution in [0.1, 0.15) is 28.0 Å². The van der Waals surface area contributed by atoms with Gasteiger partial charge < -0.3 is 9.47 Å². The maximum Gasteiger partial charge on any atom is 0.270 e. The molecule has 0 saturated carbocycles. The number of amides is 1. The van der Waals surface area contributed by atoms with Gasteiger partial charge in [0.15, 0.2) is 0 Å². The van der Waals surface area contributed by atoms with Crippen molar-refractivity contribution in [1.29, 1.82) is 0 Å². The van der Waals surface area contributed by atoms with E-state index in [-0.39, 0.29) is 5.91 Å². The lowest BCUT2D eigenvalue weighted by atomic mass is 9.87. The van der Waals surface area contributed by atoms with Gasteiger partial charge in [-0.15, -0.1) is 0 Å². The molecule has 4 rings (SSSR count). The minimum absolute atomic E-state index is 0.163. The van der Waals surface area contributed by atoms with E-state index in [1.165, 1.54) is 24.0 Å². The van der Waals surface area contributed by atoms with Crippen molar-refractivity contribution in [1.82, 2.24) is 14.4 Å². The summed E-state index contributed by atoms with van der Waals surface area (Å²) in [5, 5.41) is 0. The van der Waals surface area contributed by atoms with E-state index < -0.39 is 0 Å². The predicted octanol–water partition coefficient (Wildman–Crippen LogP) is 2.34. The van der Waals surface area contributed by atoms with E-state index in [4.69, 9.17) is 0 Å². The number of aromatic nitrogens is 1. The number of carbonyl (C=O) groups excluding carboxylic acids is 1. The largest absolute Gasteiger partial charge is 0.347 e. The maximum atomic E-state index is 12.6. The Morgan fingerprint density at radius 3 is 2.46 bits per heavy atom. The molecule has 2 heterocycles. The molecule has 0 spiro atoms. The molecule has 1 atom stereocenters. The number of hydrogen-bond acceptors (Lipinski definition) is 2. The van der Waals surface area contributed by atoms with Crippen molar-refractivity contribution < 1.29 is 4.79 Å². The Labute approximate surface area is 143 Å². The van der Waals surface area contributed by atoms with Crippen LogP contribution < -0.4 is 0 Å². The van der Waals surface area contributed by atoms with Crippen LogP contribution in [0.15, 0.2) is 42.6 Å². The summed E-state index contributed by atoms with van der Waals surface area (Å²) in [4.78, 5) is 17.2. The Morgan fingerprint density at radius 1 is 1.00 bits per heavy atom. The predicted molar refractivity (Wildman–Crippen MR) is 95.1 cm³/mol. The summed E-state index contributed by atoms with van der Waals surface area (Å²) in [5.41, 5.74) is 3.82. The Kier molecular flexibility index (Phi) is 4.15. The van der Waals surface area contributed by atoms with Crippen LogP contribution in [0.2, 0.25) is 0 Å². The Morgan fingerprint density at radius 2 is 1.75 bits per heavy atom. The first kappa shape index (κ1) is 15.5. The van der Waals surface area contributed by atoms with E-state index in [1.807, 2.05) is 34.8 Å². The molecule has 126 valence electrons. The van der Waals surface area contributed by atoms with Crippen molar-refractivity contribution in [2.45, 2.75) is 25.3 Å². The zero-order valence-electron chi connectivity index (χ0n) is 14.3. The molecule has 0 N–H and O–H groups in total. The standard InChI is InChI=1S/C20H25N3O/c1-21-10-4-7-19(21)20(24)23-13-11-22(12-14-23)18-9-8-16-5-2-3-6-17(16)15-18/h2-7,10,18H,8-9,11-15H2,1H3/t18-/m1/s1. The molecule has 24 heavy (non-hydrogen) atoms. The molecule has 0 bridgehead atoms. The van der Waals surface area contributed by atoms with Gasteiger partial charge in [-0.2, -0.15) is 0 Å². The minimum Gasteiger partial charge on any atom is -0.347 e. The Bertz CT molecular complexity index is 728. The monoisotopic (exact) mass is 323 g/mol. The van der Waals surface area contributed by atoms with Gasteiger partial charge in [-0.25, -0.2) is 0 Å². The first-order valence-corrected chi connectivity index (χ1v) is 8.94. The molecular weight excluding hydrogens is 298 g/mol. The molecule has 2 aromatic rings. The van der Waals surface area contributed by atoms with Gasteiger partial charge in [-0.1, -0.05) is 24.3 Å². The summed E-state index contributed by atoms with van der Waals surface area (Å²) in [6.07, 6.45) is 5.51.